The van der Waals surface area contributed by atoms with Gasteiger partial charge in [0.05, 0.1) is 28.0 Å². The summed E-state index contributed by atoms with van der Waals surface area (Å²) in [6.45, 7) is -0.0539. The lowest BCUT2D eigenvalue weighted by Crippen LogP contribution is -2.27. The Bertz CT molecular complexity index is 2120. The Kier molecular flexibility index (Phi) is 7.61. The number of benzene rings is 4. The average Bonchev–Trinajstić information content (AvgIpc) is 3.38. The number of fused-ring (bicyclic) bond motifs is 2. The summed E-state index contributed by atoms with van der Waals surface area (Å²) < 4.78 is 73.8. The summed E-state index contributed by atoms with van der Waals surface area (Å²) in [5.41, 5.74) is -0.546. The smallest absolute Gasteiger partial charge is 0.416 e. The van der Waals surface area contributed by atoms with Gasteiger partial charge in [0, 0.05) is 23.1 Å². The van der Waals surface area contributed by atoms with Crippen molar-refractivity contribution in [3.63, 3.8) is 0 Å². The maximum absolute atomic E-state index is 14.2. The zero-order valence-electron chi connectivity index (χ0n) is 23.2. The molecule has 6 rings (SSSR count). The number of aromatic hydroxyl groups is 1. The van der Waals surface area contributed by atoms with Gasteiger partial charge in [0.25, 0.3) is 5.91 Å². The summed E-state index contributed by atoms with van der Waals surface area (Å²) in [6, 6.07) is 20.9. The number of nitrogens with one attached hydrogen (secondary N) is 2. The molecule has 0 fully saturated rings. The third-order valence-electron chi connectivity index (χ3n) is 7.67. The molecule has 1 amide bonds. The number of para-hydroxylation sites is 2. The highest BCUT2D eigenvalue weighted by molar-refractivity contribution is 5.94. The Labute approximate surface area is 251 Å². The number of amides is 1. The second-order valence-electron chi connectivity index (χ2n) is 10.4. The molecule has 11 heteroatoms. The largest absolute Gasteiger partial charge is 0.507 e. The maximum atomic E-state index is 14.2. The highest BCUT2D eigenvalue weighted by Crippen LogP contribution is 2.42. The van der Waals surface area contributed by atoms with Crippen LogP contribution in [0.1, 0.15) is 44.2 Å². The van der Waals surface area contributed by atoms with Gasteiger partial charge in [0.2, 0.25) is 0 Å². The van der Waals surface area contributed by atoms with Crippen LogP contribution in [-0.4, -0.2) is 22.5 Å². The molecule has 6 aromatic rings. The van der Waals surface area contributed by atoms with E-state index >= 15 is 0 Å². The van der Waals surface area contributed by atoms with Gasteiger partial charge in [-0.3, -0.25) is 4.79 Å². The minimum Gasteiger partial charge on any atom is -0.507 e. The van der Waals surface area contributed by atoms with Crippen molar-refractivity contribution >= 4 is 27.8 Å². The molecule has 1 unspecified atom stereocenters. The second-order valence-corrected chi connectivity index (χ2v) is 10.4. The third-order valence-corrected chi connectivity index (χ3v) is 7.67. The van der Waals surface area contributed by atoms with Crippen LogP contribution in [0.5, 0.6) is 5.75 Å². The van der Waals surface area contributed by atoms with Gasteiger partial charge in [-0.05, 0) is 60.0 Å². The Balaban J connectivity index is 1.49. The van der Waals surface area contributed by atoms with Crippen molar-refractivity contribution in [3.8, 4) is 5.75 Å². The van der Waals surface area contributed by atoms with Crippen LogP contribution in [0.15, 0.2) is 100 Å². The van der Waals surface area contributed by atoms with Gasteiger partial charge in [-0.15, -0.1) is 0 Å². The molecule has 6 nitrogen and oxygen atoms in total. The number of halogens is 5. The molecule has 3 N–H and O–H groups in total. The first-order valence-electron chi connectivity index (χ1n) is 13.8. The van der Waals surface area contributed by atoms with Crippen LogP contribution in [-0.2, 0) is 12.6 Å². The number of carbonyl (C=O) groups excluding carboxylic acids is 1. The zero-order chi connectivity index (χ0) is 31.9. The van der Waals surface area contributed by atoms with E-state index in [1.807, 2.05) is 0 Å². The Morgan fingerprint density at radius 3 is 2.31 bits per heavy atom. The molecule has 228 valence electrons. The van der Waals surface area contributed by atoms with Crippen molar-refractivity contribution in [2.75, 3.05) is 6.54 Å². The quantitative estimate of drug-likeness (QED) is 0.128. The van der Waals surface area contributed by atoms with Gasteiger partial charge >= 0.3 is 11.8 Å². The molecule has 0 aliphatic carbocycles. The van der Waals surface area contributed by atoms with E-state index in [1.54, 1.807) is 42.5 Å². The van der Waals surface area contributed by atoms with Gasteiger partial charge in [-0.1, -0.05) is 48.5 Å². The van der Waals surface area contributed by atoms with Crippen LogP contribution in [0.4, 0.5) is 22.0 Å². The standard InChI is InChI=1S/C34H23F5N2O4/c35-24-9-5-8-23(29(24)36)32(43)40-17-16-21-20-6-1-3-10-25(20)41-30(21)27(18-12-14-19(15-13-18)34(37,38)39)28-31(42)22-7-2-4-11-26(22)45-33(28)44/h1-15,27,41-42H,16-17H2,(H,40,43). The predicted molar refractivity (Wildman–Crippen MR) is 157 cm³/mol. The SMILES string of the molecule is O=C(NCCc1c(C(c2ccc(C(F)(F)F)cc2)c2c(O)c3ccccc3oc2=O)[nH]c2ccccc12)c1cccc(F)c1F. The Morgan fingerprint density at radius 1 is 0.889 bits per heavy atom. The molecule has 1 atom stereocenters. The molecule has 0 radical (unpaired) electrons. The van der Waals surface area contributed by atoms with E-state index in [2.05, 4.69) is 10.3 Å². The molecule has 0 saturated carbocycles. The van der Waals surface area contributed by atoms with Crippen molar-refractivity contribution in [2.24, 2.45) is 0 Å². The highest BCUT2D eigenvalue weighted by atomic mass is 19.4. The third kappa shape index (κ3) is 5.52. The van der Waals surface area contributed by atoms with Gasteiger partial charge in [0.1, 0.15) is 11.3 Å². The summed E-state index contributed by atoms with van der Waals surface area (Å²) >= 11 is 0. The Morgan fingerprint density at radius 2 is 1.58 bits per heavy atom. The van der Waals surface area contributed by atoms with E-state index in [4.69, 9.17) is 4.42 Å². The van der Waals surface area contributed by atoms with Gasteiger partial charge in [-0.2, -0.15) is 13.2 Å². The van der Waals surface area contributed by atoms with E-state index in [0.29, 0.717) is 22.2 Å². The summed E-state index contributed by atoms with van der Waals surface area (Å²) in [5, 5.41) is 14.9. The average molecular weight is 619 g/mol. The first-order valence-corrected chi connectivity index (χ1v) is 13.8. The molecular weight excluding hydrogens is 595 g/mol. The van der Waals surface area contributed by atoms with E-state index < -0.39 is 52.1 Å². The van der Waals surface area contributed by atoms with E-state index in [9.17, 15) is 36.6 Å². The minimum atomic E-state index is -4.61. The minimum absolute atomic E-state index is 0.0539. The van der Waals surface area contributed by atoms with Gasteiger partial charge in [0.15, 0.2) is 11.6 Å². The molecule has 0 spiro atoms. The Hall–Kier alpha value is -5.45. The fourth-order valence-electron chi connectivity index (χ4n) is 5.56. The summed E-state index contributed by atoms with van der Waals surface area (Å²) in [6.07, 6.45) is -4.50. The number of hydrogen-bond donors (Lipinski definition) is 3. The molecular formula is C34H23F5N2O4. The lowest BCUT2D eigenvalue weighted by molar-refractivity contribution is -0.137. The van der Waals surface area contributed by atoms with Crippen LogP contribution >= 0.6 is 0 Å². The maximum Gasteiger partial charge on any atom is 0.416 e. The molecule has 0 aliphatic heterocycles. The first kappa shape index (κ1) is 29.6. The van der Waals surface area contributed by atoms with Crippen molar-refractivity contribution in [1.82, 2.24) is 10.3 Å². The highest BCUT2D eigenvalue weighted by Gasteiger charge is 2.33. The van der Waals surface area contributed by atoms with Crippen molar-refractivity contribution in [3.05, 3.63) is 147 Å². The van der Waals surface area contributed by atoms with Crippen LogP contribution in [0.2, 0.25) is 0 Å². The lowest BCUT2D eigenvalue weighted by atomic mass is 9.85. The van der Waals surface area contributed by atoms with E-state index in [-0.39, 0.29) is 35.1 Å². The predicted octanol–water partition coefficient (Wildman–Crippen LogP) is 7.43. The molecule has 4 aromatic carbocycles. The number of alkyl halides is 3. The van der Waals surface area contributed by atoms with E-state index in [0.717, 1.165) is 24.3 Å². The number of aromatic nitrogens is 1. The van der Waals surface area contributed by atoms with Gasteiger partial charge < -0.3 is 19.8 Å². The van der Waals surface area contributed by atoms with E-state index in [1.165, 1.54) is 24.3 Å². The normalized spacial score (nSPS) is 12.5. The summed E-state index contributed by atoms with van der Waals surface area (Å²) in [4.78, 5) is 29.4. The number of hydrogen-bond acceptors (Lipinski definition) is 4. The van der Waals surface area contributed by atoms with Crippen LogP contribution < -0.4 is 10.9 Å². The monoisotopic (exact) mass is 618 g/mol. The lowest BCUT2D eigenvalue weighted by Gasteiger charge is -2.20. The fourth-order valence-corrected chi connectivity index (χ4v) is 5.56. The van der Waals surface area contributed by atoms with Crippen molar-refractivity contribution < 1.29 is 36.3 Å². The zero-order valence-corrected chi connectivity index (χ0v) is 23.2. The number of aromatic amines is 1. The van der Waals surface area contributed by atoms with Crippen molar-refractivity contribution in [2.45, 2.75) is 18.5 Å². The number of rotatable bonds is 7. The van der Waals surface area contributed by atoms with Crippen molar-refractivity contribution in [1.29, 1.82) is 0 Å². The molecule has 0 aliphatic rings. The second kappa shape index (κ2) is 11.6. The number of carbonyl (C=O) groups is 1. The fraction of sp³-hybridized carbons (Fsp3) is 0.118. The molecule has 2 aromatic heterocycles. The molecule has 2 heterocycles. The van der Waals surface area contributed by atoms with Crippen LogP contribution in [0.25, 0.3) is 21.9 Å². The molecule has 0 saturated heterocycles. The first-order chi connectivity index (χ1) is 21.5. The molecule has 0 bridgehead atoms. The van der Waals surface area contributed by atoms with Crippen LogP contribution in [0, 0.1) is 11.6 Å². The van der Waals surface area contributed by atoms with Crippen LogP contribution in [0.3, 0.4) is 0 Å². The summed E-state index contributed by atoms with van der Waals surface area (Å²) in [7, 11) is 0. The summed E-state index contributed by atoms with van der Waals surface area (Å²) in [5.74, 6) is -4.84. The topological polar surface area (TPSA) is 95.3 Å². The molecule has 45 heavy (non-hydrogen) atoms. The number of H-pyrrole nitrogens is 1. The van der Waals surface area contributed by atoms with Gasteiger partial charge in [-0.25, -0.2) is 13.6 Å².